The van der Waals surface area contributed by atoms with Crippen LogP contribution in [-0.2, 0) is 6.42 Å². The summed E-state index contributed by atoms with van der Waals surface area (Å²) in [7, 11) is 0. The number of ether oxygens (including phenoxy) is 1. The highest BCUT2D eigenvalue weighted by Crippen LogP contribution is 2.41. The molecule has 1 aromatic rings. The topological polar surface area (TPSA) is 33.0 Å². The van der Waals surface area contributed by atoms with E-state index >= 15 is 0 Å². The third-order valence-electron chi connectivity index (χ3n) is 2.83. The largest absolute Gasteiger partial charge is 0.486 e. The Morgan fingerprint density at radius 2 is 2.19 bits per heavy atom. The minimum atomic E-state index is -0.194. The Morgan fingerprint density at radius 1 is 1.50 bits per heavy atom. The van der Waals surface area contributed by atoms with Crippen molar-refractivity contribution in [2.24, 2.45) is 0 Å². The van der Waals surface area contributed by atoms with Crippen LogP contribution in [0.2, 0.25) is 5.02 Å². The fourth-order valence-corrected chi connectivity index (χ4v) is 2.30. The molecular weight excluding hydrogens is 222 g/mol. The number of nitrogens with zero attached hydrogens (tertiary/aromatic N) is 1. The van der Waals surface area contributed by atoms with Crippen molar-refractivity contribution in [3.63, 3.8) is 0 Å². The van der Waals surface area contributed by atoms with Crippen LogP contribution in [0.5, 0.6) is 5.75 Å². The van der Waals surface area contributed by atoms with Crippen LogP contribution in [0.1, 0.15) is 37.8 Å². The molecule has 2 rings (SSSR count). The number of hydrogen-bond acceptors (Lipinski definition) is 2. The number of nitriles is 1. The van der Waals surface area contributed by atoms with Gasteiger partial charge in [-0.25, -0.2) is 0 Å². The van der Waals surface area contributed by atoms with Gasteiger partial charge in [0, 0.05) is 6.42 Å². The van der Waals surface area contributed by atoms with Crippen LogP contribution in [0.25, 0.3) is 0 Å². The molecule has 0 N–H and O–H groups in total. The molecule has 0 fully saturated rings. The second-order valence-corrected chi connectivity index (χ2v) is 5.29. The molecule has 0 bridgehead atoms. The molecule has 0 saturated carbocycles. The molecule has 0 saturated heterocycles. The van der Waals surface area contributed by atoms with E-state index in [4.69, 9.17) is 21.6 Å². The van der Waals surface area contributed by atoms with E-state index in [1.165, 1.54) is 0 Å². The molecular formula is C13H14ClNO. The van der Waals surface area contributed by atoms with Gasteiger partial charge < -0.3 is 4.74 Å². The summed E-state index contributed by atoms with van der Waals surface area (Å²) in [5.41, 5.74) is 1.88. The number of rotatable bonds is 1. The second kappa shape index (κ2) is 3.68. The maximum Gasteiger partial charge on any atom is 0.142 e. The van der Waals surface area contributed by atoms with Gasteiger partial charge in [-0.1, -0.05) is 17.7 Å². The first-order chi connectivity index (χ1) is 7.43. The van der Waals surface area contributed by atoms with E-state index in [1.807, 2.05) is 32.9 Å². The van der Waals surface area contributed by atoms with Gasteiger partial charge in [-0.2, -0.15) is 5.26 Å². The fourth-order valence-electron chi connectivity index (χ4n) is 2.01. The van der Waals surface area contributed by atoms with Gasteiger partial charge in [-0.15, -0.1) is 0 Å². The molecule has 3 heteroatoms. The van der Waals surface area contributed by atoms with Crippen molar-refractivity contribution in [2.75, 3.05) is 0 Å². The Labute approximate surface area is 101 Å². The number of fused-ring (bicyclic) bond motifs is 1. The summed E-state index contributed by atoms with van der Waals surface area (Å²) >= 11 is 6.17. The maximum atomic E-state index is 8.91. The summed E-state index contributed by atoms with van der Waals surface area (Å²) in [6, 6.07) is 6.08. The zero-order valence-electron chi connectivity index (χ0n) is 9.67. The number of halogens is 1. The van der Waals surface area contributed by atoms with Crippen LogP contribution in [0, 0.1) is 11.3 Å². The third-order valence-corrected chi connectivity index (χ3v) is 3.11. The van der Waals surface area contributed by atoms with E-state index in [9.17, 15) is 0 Å². The van der Waals surface area contributed by atoms with Crippen molar-refractivity contribution >= 4 is 11.6 Å². The lowest BCUT2D eigenvalue weighted by molar-refractivity contribution is 0.138. The zero-order chi connectivity index (χ0) is 11.9. The van der Waals surface area contributed by atoms with Crippen molar-refractivity contribution in [3.05, 3.63) is 28.3 Å². The Kier molecular flexibility index (Phi) is 2.59. The molecule has 0 spiro atoms. The summed E-state index contributed by atoms with van der Waals surface area (Å²) in [5, 5.41) is 9.52. The SMILES string of the molecule is CC(C#N)c1cc(Cl)c2c(c1)CC(C)(C)O2. The summed E-state index contributed by atoms with van der Waals surface area (Å²) in [6.45, 7) is 5.95. The highest BCUT2D eigenvalue weighted by atomic mass is 35.5. The van der Waals surface area contributed by atoms with E-state index in [2.05, 4.69) is 6.07 Å². The maximum absolute atomic E-state index is 8.91. The zero-order valence-corrected chi connectivity index (χ0v) is 10.4. The predicted octanol–water partition coefficient (Wildman–Crippen LogP) is 3.68. The minimum Gasteiger partial charge on any atom is -0.486 e. The number of hydrogen-bond donors (Lipinski definition) is 0. The Bertz CT molecular complexity index is 474. The Hall–Kier alpha value is -1.20. The summed E-state index contributed by atoms with van der Waals surface area (Å²) in [5.74, 6) is 0.645. The monoisotopic (exact) mass is 235 g/mol. The van der Waals surface area contributed by atoms with Crippen molar-refractivity contribution in [1.82, 2.24) is 0 Å². The van der Waals surface area contributed by atoms with E-state index in [0.717, 1.165) is 23.3 Å². The van der Waals surface area contributed by atoms with Gasteiger partial charge in [0.15, 0.2) is 0 Å². The van der Waals surface area contributed by atoms with Crippen molar-refractivity contribution in [3.8, 4) is 11.8 Å². The Balaban J connectivity index is 2.47. The lowest BCUT2D eigenvalue weighted by Gasteiger charge is -2.17. The second-order valence-electron chi connectivity index (χ2n) is 4.88. The molecule has 2 nitrogen and oxygen atoms in total. The van der Waals surface area contributed by atoms with Crippen LogP contribution >= 0.6 is 11.6 Å². The van der Waals surface area contributed by atoms with E-state index in [1.54, 1.807) is 0 Å². The molecule has 1 aliphatic heterocycles. The summed E-state index contributed by atoms with van der Waals surface area (Å²) in [6.07, 6.45) is 0.841. The highest BCUT2D eigenvalue weighted by molar-refractivity contribution is 6.32. The van der Waals surface area contributed by atoms with Crippen LogP contribution in [0.15, 0.2) is 12.1 Å². The molecule has 1 aliphatic rings. The summed E-state index contributed by atoms with van der Waals surface area (Å²) < 4.78 is 5.78. The molecule has 0 aromatic heterocycles. The fraction of sp³-hybridized carbons (Fsp3) is 0.462. The van der Waals surface area contributed by atoms with Crippen LogP contribution in [-0.4, -0.2) is 5.60 Å². The van der Waals surface area contributed by atoms with Crippen LogP contribution < -0.4 is 4.74 Å². The predicted molar refractivity (Wildman–Crippen MR) is 63.9 cm³/mol. The first-order valence-electron chi connectivity index (χ1n) is 5.34. The standard InChI is InChI=1S/C13H14ClNO/c1-8(7-15)9-4-10-6-13(2,3)16-12(10)11(14)5-9/h4-5,8H,6H2,1-3H3. The molecule has 0 radical (unpaired) electrons. The molecule has 0 aliphatic carbocycles. The van der Waals surface area contributed by atoms with Gasteiger partial charge >= 0.3 is 0 Å². The molecule has 1 unspecified atom stereocenters. The van der Waals surface area contributed by atoms with Crippen molar-refractivity contribution in [2.45, 2.75) is 38.7 Å². The molecule has 0 amide bonds. The lowest BCUT2D eigenvalue weighted by atomic mass is 9.96. The third kappa shape index (κ3) is 1.88. The molecule has 16 heavy (non-hydrogen) atoms. The molecule has 1 aromatic carbocycles. The van der Waals surface area contributed by atoms with E-state index in [0.29, 0.717) is 5.02 Å². The van der Waals surface area contributed by atoms with Gasteiger partial charge in [0.25, 0.3) is 0 Å². The van der Waals surface area contributed by atoms with E-state index < -0.39 is 0 Å². The lowest BCUT2D eigenvalue weighted by Crippen LogP contribution is -2.24. The summed E-state index contributed by atoms with van der Waals surface area (Å²) in [4.78, 5) is 0. The first kappa shape index (κ1) is 11.3. The number of benzene rings is 1. The quantitative estimate of drug-likeness (QED) is 0.744. The van der Waals surface area contributed by atoms with Gasteiger partial charge in [-0.3, -0.25) is 0 Å². The van der Waals surface area contributed by atoms with Gasteiger partial charge in [0.1, 0.15) is 11.4 Å². The average Bonchev–Trinajstić information content (AvgIpc) is 2.52. The average molecular weight is 236 g/mol. The van der Waals surface area contributed by atoms with Crippen LogP contribution in [0.3, 0.4) is 0 Å². The minimum absolute atomic E-state index is 0.133. The normalized spacial score (nSPS) is 18.4. The van der Waals surface area contributed by atoms with Crippen LogP contribution in [0.4, 0.5) is 0 Å². The van der Waals surface area contributed by atoms with Gasteiger partial charge in [0.05, 0.1) is 17.0 Å². The smallest absolute Gasteiger partial charge is 0.142 e. The first-order valence-corrected chi connectivity index (χ1v) is 5.72. The van der Waals surface area contributed by atoms with Gasteiger partial charge in [-0.05, 0) is 38.0 Å². The Morgan fingerprint density at radius 3 is 2.81 bits per heavy atom. The van der Waals surface area contributed by atoms with Gasteiger partial charge in [0.2, 0.25) is 0 Å². The van der Waals surface area contributed by atoms with Crippen molar-refractivity contribution < 1.29 is 4.74 Å². The highest BCUT2D eigenvalue weighted by Gasteiger charge is 2.32. The van der Waals surface area contributed by atoms with E-state index in [-0.39, 0.29) is 11.5 Å². The molecule has 1 atom stereocenters. The molecule has 84 valence electrons. The van der Waals surface area contributed by atoms with Crippen molar-refractivity contribution in [1.29, 1.82) is 5.26 Å². The molecule has 1 heterocycles.